The number of pyridine rings is 1. The minimum atomic E-state index is -0.284. The van der Waals surface area contributed by atoms with Gasteiger partial charge in [0.05, 0.1) is 10.6 Å². The summed E-state index contributed by atoms with van der Waals surface area (Å²) in [6, 6.07) is 12.9. The number of hydrogen-bond acceptors (Lipinski definition) is 5. The first-order valence-electron chi connectivity index (χ1n) is 7.71. The summed E-state index contributed by atoms with van der Waals surface area (Å²) in [4.78, 5) is 17.6. The first kappa shape index (κ1) is 15.5. The molecule has 0 saturated carbocycles. The molecule has 126 valence electrons. The molecule has 0 spiro atoms. The van der Waals surface area contributed by atoms with Crippen LogP contribution in [0.5, 0.6) is 11.5 Å². The zero-order valence-electron chi connectivity index (χ0n) is 13.2. The number of carbonyl (C=O) groups is 1. The normalized spacial score (nSPS) is 12.0. The number of aromatic nitrogens is 1. The number of fused-ring (bicyclic) bond motifs is 1. The number of thiophene rings is 1. The van der Waals surface area contributed by atoms with E-state index in [1.807, 2.05) is 29.6 Å². The molecule has 6 nitrogen and oxygen atoms in total. The second-order valence-electron chi connectivity index (χ2n) is 5.40. The second kappa shape index (κ2) is 6.82. The fourth-order valence-electron chi connectivity index (χ4n) is 2.48. The van der Waals surface area contributed by atoms with E-state index in [1.54, 1.807) is 35.7 Å². The van der Waals surface area contributed by atoms with Gasteiger partial charge in [-0.2, -0.15) is 0 Å². The van der Waals surface area contributed by atoms with E-state index in [9.17, 15) is 4.79 Å². The van der Waals surface area contributed by atoms with E-state index in [0.717, 1.165) is 16.1 Å². The Morgan fingerprint density at radius 3 is 2.96 bits per heavy atom. The van der Waals surface area contributed by atoms with Crippen molar-refractivity contribution in [1.29, 1.82) is 0 Å². The Bertz CT molecular complexity index is 896. The SMILES string of the molecule is O=C(NCc1ccnc(-c2cccs2)c1)Nc1ccc2c(c1)OCO2. The van der Waals surface area contributed by atoms with Crippen molar-refractivity contribution in [2.24, 2.45) is 0 Å². The Balaban J connectivity index is 1.37. The highest BCUT2D eigenvalue weighted by atomic mass is 32.1. The van der Waals surface area contributed by atoms with Gasteiger partial charge in [-0.3, -0.25) is 4.98 Å². The van der Waals surface area contributed by atoms with Gasteiger partial charge in [0.25, 0.3) is 0 Å². The maximum atomic E-state index is 12.1. The van der Waals surface area contributed by atoms with Crippen molar-refractivity contribution in [2.75, 3.05) is 12.1 Å². The molecule has 0 saturated heterocycles. The van der Waals surface area contributed by atoms with Crippen molar-refractivity contribution in [1.82, 2.24) is 10.3 Å². The van der Waals surface area contributed by atoms with Crippen LogP contribution in [0.1, 0.15) is 5.56 Å². The lowest BCUT2D eigenvalue weighted by Crippen LogP contribution is -2.28. The van der Waals surface area contributed by atoms with Gasteiger partial charge in [0.1, 0.15) is 0 Å². The quantitative estimate of drug-likeness (QED) is 0.747. The molecular weight excluding hydrogens is 338 g/mol. The average molecular weight is 353 g/mol. The van der Waals surface area contributed by atoms with Crippen molar-refractivity contribution in [2.45, 2.75) is 6.54 Å². The van der Waals surface area contributed by atoms with Crippen LogP contribution in [0.3, 0.4) is 0 Å². The number of anilines is 1. The molecule has 1 aliphatic rings. The van der Waals surface area contributed by atoms with Crippen molar-refractivity contribution in [3.63, 3.8) is 0 Å². The van der Waals surface area contributed by atoms with Gasteiger partial charge in [-0.1, -0.05) is 6.07 Å². The number of urea groups is 1. The molecule has 3 heterocycles. The van der Waals surface area contributed by atoms with E-state index in [2.05, 4.69) is 15.6 Å². The Kier molecular flexibility index (Phi) is 4.22. The van der Waals surface area contributed by atoms with Crippen LogP contribution in [0.15, 0.2) is 54.0 Å². The third-order valence-electron chi connectivity index (χ3n) is 3.68. The molecule has 4 rings (SSSR count). The lowest BCUT2D eigenvalue weighted by Gasteiger charge is -2.09. The first-order chi connectivity index (χ1) is 12.3. The van der Waals surface area contributed by atoms with Crippen LogP contribution in [-0.4, -0.2) is 17.8 Å². The molecule has 3 aromatic rings. The molecule has 0 unspecified atom stereocenters. The predicted molar refractivity (Wildman–Crippen MR) is 96.0 cm³/mol. The number of amides is 2. The Hall–Kier alpha value is -3.06. The summed E-state index contributed by atoms with van der Waals surface area (Å²) in [5.74, 6) is 1.32. The summed E-state index contributed by atoms with van der Waals surface area (Å²) in [6.07, 6.45) is 1.75. The van der Waals surface area contributed by atoms with Crippen LogP contribution in [0.25, 0.3) is 10.6 Å². The predicted octanol–water partition coefficient (Wildman–Crippen LogP) is 3.86. The van der Waals surface area contributed by atoms with Gasteiger partial charge in [0.2, 0.25) is 6.79 Å². The molecule has 0 fully saturated rings. The minimum absolute atomic E-state index is 0.208. The van der Waals surface area contributed by atoms with E-state index < -0.39 is 0 Å². The summed E-state index contributed by atoms with van der Waals surface area (Å²) in [5, 5.41) is 7.64. The summed E-state index contributed by atoms with van der Waals surface area (Å²) >= 11 is 1.64. The second-order valence-corrected chi connectivity index (χ2v) is 6.35. The molecule has 2 aromatic heterocycles. The number of hydrogen-bond donors (Lipinski definition) is 2. The number of rotatable bonds is 4. The lowest BCUT2D eigenvalue weighted by molar-refractivity contribution is 0.174. The fraction of sp³-hybridized carbons (Fsp3) is 0.111. The molecule has 25 heavy (non-hydrogen) atoms. The lowest BCUT2D eigenvalue weighted by atomic mass is 10.2. The van der Waals surface area contributed by atoms with Gasteiger partial charge in [0.15, 0.2) is 11.5 Å². The molecule has 1 aliphatic heterocycles. The van der Waals surface area contributed by atoms with Gasteiger partial charge in [0, 0.05) is 24.5 Å². The summed E-state index contributed by atoms with van der Waals surface area (Å²) < 4.78 is 10.5. The smallest absolute Gasteiger partial charge is 0.319 e. The highest BCUT2D eigenvalue weighted by Gasteiger charge is 2.14. The average Bonchev–Trinajstić information content (AvgIpc) is 3.31. The Morgan fingerprint density at radius 2 is 2.08 bits per heavy atom. The number of ether oxygens (including phenoxy) is 2. The zero-order chi connectivity index (χ0) is 17.1. The number of nitrogens with zero attached hydrogens (tertiary/aromatic N) is 1. The fourth-order valence-corrected chi connectivity index (χ4v) is 3.17. The molecule has 2 amide bonds. The third kappa shape index (κ3) is 3.56. The number of benzene rings is 1. The largest absolute Gasteiger partial charge is 0.454 e. The molecule has 2 N–H and O–H groups in total. The Morgan fingerprint density at radius 1 is 1.16 bits per heavy atom. The molecule has 7 heteroatoms. The van der Waals surface area contributed by atoms with Crippen molar-refractivity contribution in [3.05, 3.63) is 59.6 Å². The van der Waals surface area contributed by atoms with Gasteiger partial charge in [-0.15, -0.1) is 11.3 Å². The maximum absolute atomic E-state index is 12.1. The van der Waals surface area contributed by atoms with Crippen LogP contribution >= 0.6 is 11.3 Å². The van der Waals surface area contributed by atoms with Crippen molar-refractivity contribution < 1.29 is 14.3 Å². The monoisotopic (exact) mass is 353 g/mol. The van der Waals surface area contributed by atoms with Crippen LogP contribution in [0.4, 0.5) is 10.5 Å². The molecular formula is C18H15N3O3S. The van der Waals surface area contributed by atoms with Gasteiger partial charge >= 0.3 is 6.03 Å². The summed E-state index contributed by atoms with van der Waals surface area (Å²) in [6.45, 7) is 0.622. The summed E-state index contributed by atoms with van der Waals surface area (Å²) in [7, 11) is 0. The van der Waals surface area contributed by atoms with E-state index in [1.165, 1.54) is 0 Å². The van der Waals surface area contributed by atoms with Gasteiger partial charge in [-0.25, -0.2) is 4.79 Å². The third-order valence-corrected chi connectivity index (χ3v) is 4.57. The van der Waals surface area contributed by atoms with Crippen LogP contribution < -0.4 is 20.1 Å². The first-order valence-corrected chi connectivity index (χ1v) is 8.59. The molecule has 0 radical (unpaired) electrons. The molecule has 0 aliphatic carbocycles. The molecule has 0 bridgehead atoms. The maximum Gasteiger partial charge on any atom is 0.319 e. The highest BCUT2D eigenvalue weighted by Crippen LogP contribution is 2.34. The topological polar surface area (TPSA) is 72.5 Å². The zero-order valence-corrected chi connectivity index (χ0v) is 14.0. The van der Waals surface area contributed by atoms with Crippen molar-refractivity contribution >= 4 is 23.1 Å². The van der Waals surface area contributed by atoms with Crippen LogP contribution in [0.2, 0.25) is 0 Å². The van der Waals surface area contributed by atoms with Gasteiger partial charge < -0.3 is 20.1 Å². The summed E-state index contributed by atoms with van der Waals surface area (Å²) in [5.41, 5.74) is 2.54. The van der Waals surface area contributed by atoms with E-state index in [0.29, 0.717) is 23.7 Å². The van der Waals surface area contributed by atoms with Gasteiger partial charge in [-0.05, 0) is 41.3 Å². The number of carbonyl (C=O) groups excluding carboxylic acids is 1. The Labute approximate surface area is 148 Å². The molecule has 0 atom stereocenters. The molecule has 1 aromatic carbocycles. The van der Waals surface area contributed by atoms with E-state index >= 15 is 0 Å². The van der Waals surface area contributed by atoms with E-state index in [-0.39, 0.29) is 12.8 Å². The number of nitrogens with one attached hydrogen (secondary N) is 2. The van der Waals surface area contributed by atoms with E-state index in [4.69, 9.17) is 9.47 Å². The van der Waals surface area contributed by atoms with Crippen molar-refractivity contribution in [3.8, 4) is 22.1 Å². The van der Waals surface area contributed by atoms with Crippen LogP contribution in [0, 0.1) is 0 Å². The minimum Gasteiger partial charge on any atom is -0.454 e. The standard InChI is InChI=1S/C18H15N3O3S/c22-18(21-13-3-4-15-16(9-13)24-11-23-15)20-10-12-5-6-19-14(8-12)17-2-1-7-25-17/h1-9H,10-11H2,(H2,20,21,22). The van der Waals surface area contributed by atoms with Crippen LogP contribution in [-0.2, 0) is 6.54 Å². The highest BCUT2D eigenvalue weighted by molar-refractivity contribution is 7.13.